The standard InChI is InChI=1S/C24H20N2O5/c1-14-3-5-16(6-4-14)13-26-22(27)20(25-24(26)30)12-18-8-10-21(31-18)19-9-7-17(23(28)29)11-15(19)2/h3-12H,13H2,1-2H3,(H,25,30)(H,28,29)/b20-12+. The van der Waals surface area contributed by atoms with E-state index >= 15 is 0 Å². The molecule has 1 aliphatic heterocycles. The maximum atomic E-state index is 12.7. The molecule has 2 heterocycles. The zero-order valence-electron chi connectivity index (χ0n) is 17.0. The van der Waals surface area contributed by atoms with Crippen molar-refractivity contribution >= 4 is 24.0 Å². The van der Waals surface area contributed by atoms with Gasteiger partial charge in [0.25, 0.3) is 5.91 Å². The summed E-state index contributed by atoms with van der Waals surface area (Å²) in [6, 6.07) is 15.3. The van der Waals surface area contributed by atoms with E-state index in [1.807, 2.05) is 31.2 Å². The van der Waals surface area contributed by atoms with Crippen LogP contribution >= 0.6 is 0 Å². The summed E-state index contributed by atoms with van der Waals surface area (Å²) in [4.78, 5) is 37.2. The first kappa shape index (κ1) is 20.2. The Labute approximate surface area is 178 Å². The number of furan rings is 1. The van der Waals surface area contributed by atoms with Crippen molar-refractivity contribution in [3.63, 3.8) is 0 Å². The third-order valence-electron chi connectivity index (χ3n) is 5.08. The topological polar surface area (TPSA) is 99.8 Å². The molecular weight excluding hydrogens is 396 g/mol. The Hall–Kier alpha value is -4.13. The van der Waals surface area contributed by atoms with Crippen LogP contribution in [0.3, 0.4) is 0 Å². The molecule has 0 aliphatic carbocycles. The zero-order chi connectivity index (χ0) is 22.1. The summed E-state index contributed by atoms with van der Waals surface area (Å²) in [5.41, 5.74) is 3.79. The van der Waals surface area contributed by atoms with Gasteiger partial charge in [-0.3, -0.25) is 9.69 Å². The van der Waals surface area contributed by atoms with Crippen molar-refractivity contribution in [1.29, 1.82) is 0 Å². The van der Waals surface area contributed by atoms with Crippen LogP contribution in [0.4, 0.5) is 4.79 Å². The summed E-state index contributed by atoms with van der Waals surface area (Å²) >= 11 is 0. The predicted molar refractivity (Wildman–Crippen MR) is 114 cm³/mol. The number of rotatable bonds is 5. The number of amides is 3. The van der Waals surface area contributed by atoms with Crippen molar-refractivity contribution in [3.05, 3.63) is 88.3 Å². The number of aryl methyl sites for hydroxylation is 2. The van der Waals surface area contributed by atoms with Crippen molar-refractivity contribution in [2.45, 2.75) is 20.4 Å². The molecule has 2 N–H and O–H groups in total. The lowest BCUT2D eigenvalue weighted by Crippen LogP contribution is -2.30. The lowest BCUT2D eigenvalue weighted by Gasteiger charge is -2.11. The molecule has 156 valence electrons. The number of nitrogens with zero attached hydrogens (tertiary/aromatic N) is 1. The van der Waals surface area contributed by atoms with E-state index in [0.717, 1.165) is 27.2 Å². The second kappa shape index (κ2) is 7.95. The fourth-order valence-electron chi connectivity index (χ4n) is 3.38. The molecule has 0 atom stereocenters. The molecule has 0 saturated carbocycles. The van der Waals surface area contributed by atoms with Gasteiger partial charge in [-0.1, -0.05) is 35.9 Å². The van der Waals surface area contributed by atoms with Crippen LogP contribution in [0.5, 0.6) is 0 Å². The van der Waals surface area contributed by atoms with Crippen LogP contribution in [0.25, 0.3) is 17.4 Å². The highest BCUT2D eigenvalue weighted by atomic mass is 16.4. The van der Waals surface area contributed by atoms with Gasteiger partial charge in [-0.2, -0.15) is 0 Å². The highest BCUT2D eigenvalue weighted by Gasteiger charge is 2.33. The number of carbonyl (C=O) groups excluding carboxylic acids is 2. The number of imide groups is 1. The fourth-order valence-corrected chi connectivity index (χ4v) is 3.38. The van der Waals surface area contributed by atoms with E-state index in [2.05, 4.69) is 5.32 Å². The maximum absolute atomic E-state index is 12.7. The highest BCUT2D eigenvalue weighted by molar-refractivity contribution is 6.13. The lowest BCUT2D eigenvalue weighted by molar-refractivity contribution is -0.123. The quantitative estimate of drug-likeness (QED) is 0.476. The molecule has 2 aromatic carbocycles. The van der Waals surface area contributed by atoms with E-state index in [1.54, 1.807) is 31.2 Å². The first-order valence-electron chi connectivity index (χ1n) is 9.66. The normalized spacial score (nSPS) is 14.9. The van der Waals surface area contributed by atoms with E-state index in [9.17, 15) is 14.4 Å². The summed E-state index contributed by atoms with van der Waals surface area (Å²) in [5.74, 6) is -0.483. The molecule has 1 saturated heterocycles. The van der Waals surface area contributed by atoms with Crippen molar-refractivity contribution in [2.75, 3.05) is 0 Å². The largest absolute Gasteiger partial charge is 0.478 e. The first-order chi connectivity index (χ1) is 14.8. The van der Waals surface area contributed by atoms with Gasteiger partial charge in [0.15, 0.2) is 0 Å². The SMILES string of the molecule is Cc1ccc(CN2C(=O)N/C(=C/c3ccc(-c4ccc(C(=O)O)cc4C)o3)C2=O)cc1. The molecule has 0 radical (unpaired) electrons. The minimum atomic E-state index is -0.995. The number of carboxylic acid groups (broad SMARTS) is 1. The summed E-state index contributed by atoms with van der Waals surface area (Å²) in [6.45, 7) is 3.95. The number of carbonyl (C=O) groups is 3. The van der Waals surface area contributed by atoms with Gasteiger partial charge in [-0.25, -0.2) is 9.59 Å². The van der Waals surface area contributed by atoms with E-state index in [1.165, 1.54) is 12.1 Å². The summed E-state index contributed by atoms with van der Waals surface area (Å²) in [7, 11) is 0. The van der Waals surface area contributed by atoms with Crippen molar-refractivity contribution < 1.29 is 23.9 Å². The molecule has 4 rings (SSSR count). The predicted octanol–water partition coefficient (Wildman–Crippen LogP) is 4.35. The van der Waals surface area contributed by atoms with E-state index in [4.69, 9.17) is 9.52 Å². The minimum Gasteiger partial charge on any atom is -0.478 e. The number of hydrogen-bond donors (Lipinski definition) is 2. The number of carboxylic acids is 1. The lowest BCUT2D eigenvalue weighted by atomic mass is 10.0. The van der Waals surface area contributed by atoms with Gasteiger partial charge in [0, 0.05) is 11.6 Å². The Morgan fingerprint density at radius 3 is 2.48 bits per heavy atom. The molecule has 31 heavy (non-hydrogen) atoms. The average molecular weight is 416 g/mol. The van der Waals surface area contributed by atoms with Crippen LogP contribution in [-0.2, 0) is 11.3 Å². The fraction of sp³-hybridized carbons (Fsp3) is 0.125. The van der Waals surface area contributed by atoms with Crippen LogP contribution in [-0.4, -0.2) is 27.9 Å². The Morgan fingerprint density at radius 2 is 1.81 bits per heavy atom. The number of urea groups is 1. The smallest absolute Gasteiger partial charge is 0.335 e. The molecule has 1 fully saturated rings. The monoisotopic (exact) mass is 416 g/mol. The van der Waals surface area contributed by atoms with E-state index in [-0.39, 0.29) is 17.8 Å². The molecule has 0 unspecified atom stereocenters. The van der Waals surface area contributed by atoms with Crippen LogP contribution in [0.1, 0.15) is 32.8 Å². The van der Waals surface area contributed by atoms with Gasteiger partial charge in [0.2, 0.25) is 0 Å². The molecule has 1 aliphatic rings. The Kier molecular flexibility index (Phi) is 5.17. The molecule has 0 spiro atoms. The summed E-state index contributed by atoms with van der Waals surface area (Å²) in [6.07, 6.45) is 1.49. The summed E-state index contributed by atoms with van der Waals surface area (Å²) in [5, 5.41) is 11.7. The minimum absolute atomic E-state index is 0.135. The van der Waals surface area contributed by atoms with Crippen LogP contribution in [0, 0.1) is 13.8 Å². The Morgan fingerprint density at radius 1 is 1.06 bits per heavy atom. The number of nitrogens with one attached hydrogen (secondary N) is 1. The number of benzene rings is 2. The summed E-state index contributed by atoms with van der Waals surface area (Å²) < 4.78 is 5.82. The van der Waals surface area contributed by atoms with Gasteiger partial charge >= 0.3 is 12.0 Å². The van der Waals surface area contributed by atoms with Crippen molar-refractivity contribution in [3.8, 4) is 11.3 Å². The van der Waals surface area contributed by atoms with E-state index < -0.39 is 17.9 Å². The van der Waals surface area contributed by atoms with Crippen LogP contribution in [0.15, 0.2) is 64.7 Å². The number of aromatic carboxylic acids is 1. The highest BCUT2D eigenvalue weighted by Crippen LogP contribution is 2.28. The van der Waals surface area contributed by atoms with Gasteiger partial charge in [-0.05, 0) is 49.2 Å². The van der Waals surface area contributed by atoms with E-state index in [0.29, 0.717) is 11.5 Å². The Balaban J connectivity index is 1.54. The maximum Gasteiger partial charge on any atom is 0.335 e. The van der Waals surface area contributed by atoms with Gasteiger partial charge in [0.05, 0.1) is 12.1 Å². The molecule has 7 heteroatoms. The average Bonchev–Trinajstić information content (AvgIpc) is 3.29. The van der Waals surface area contributed by atoms with Crippen molar-refractivity contribution in [2.24, 2.45) is 0 Å². The zero-order valence-corrected chi connectivity index (χ0v) is 17.0. The Bertz CT molecular complexity index is 1220. The molecule has 3 amide bonds. The third kappa shape index (κ3) is 4.11. The second-order valence-corrected chi connectivity index (χ2v) is 7.40. The van der Waals surface area contributed by atoms with Crippen LogP contribution < -0.4 is 5.32 Å². The molecule has 7 nitrogen and oxygen atoms in total. The van der Waals surface area contributed by atoms with Gasteiger partial charge in [0.1, 0.15) is 17.2 Å². The molecule has 1 aromatic heterocycles. The molecular formula is C24H20N2O5. The number of hydrogen-bond acceptors (Lipinski definition) is 4. The second-order valence-electron chi connectivity index (χ2n) is 7.40. The van der Waals surface area contributed by atoms with Gasteiger partial charge in [-0.15, -0.1) is 0 Å². The van der Waals surface area contributed by atoms with Gasteiger partial charge < -0.3 is 14.8 Å². The van der Waals surface area contributed by atoms with Crippen LogP contribution in [0.2, 0.25) is 0 Å². The first-order valence-corrected chi connectivity index (χ1v) is 9.66. The molecule has 3 aromatic rings. The van der Waals surface area contributed by atoms with Crippen molar-refractivity contribution in [1.82, 2.24) is 10.2 Å². The third-order valence-corrected chi connectivity index (χ3v) is 5.08. The molecule has 0 bridgehead atoms.